The van der Waals surface area contributed by atoms with Crippen LogP contribution in [0, 0.1) is 5.92 Å². The van der Waals surface area contributed by atoms with Crippen molar-refractivity contribution in [1.82, 2.24) is 20.5 Å². The first-order chi connectivity index (χ1) is 39.7. The molecular formula is C61H61F6N7O9. The summed E-state index contributed by atoms with van der Waals surface area (Å²) in [5, 5.41) is 13.4. The molecule has 3 aliphatic rings. The molecule has 1 spiro atoms. The molecule has 0 bridgehead atoms. The van der Waals surface area contributed by atoms with Crippen molar-refractivity contribution in [3.05, 3.63) is 148 Å². The fourth-order valence-electron chi connectivity index (χ4n) is 11.0. The molecule has 2 aliphatic heterocycles. The van der Waals surface area contributed by atoms with Crippen molar-refractivity contribution in [2.75, 3.05) is 35.2 Å². The highest BCUT2D eigenvalue weighted by molar-refractivity contribution is 6.03. The number of esters is 1. The molecule has 16 nitrogen and oxygen atoms in total. The third-order valence-electron chi connectivity index (χ3n) is 15.3. The van der Waals surface area contributed by atoms with E-state index in [1.165, 1.54) is 30.3 Å². The minimum Gasteiger partial charge on any atom is -0.456 e. The summed E-state index contributed by atoms with van der Waals surface area (Å²) in [7, 11) is 0. The second kappa shape index (κ2) is 24.8. The lowest BCUT2D eigenvalue weighted by atomic mass is 9.77. The van der Waals surface area contributed by atoms with E-state index in [0.29, 0.717) is 57.4 Å². The van der Waals surface area contributed by atoms with E-state index in [-0.39, 0.29) is 86.9 Å². The Kier molecular flexibility index (Phi) is 17.6. The van der Waals surface area contributed by atoms with Crippen molar-refractivity contribution in [1.29, 1.82) is 0 Å². The lowest BCUT2D eigenvalue weighted by molar-refractivity contribution is -0.167. The second-order valence-corrected chi connectivity index (χ2v) is 20.8. The quantitative estimate of drug-likeness (QED) is 0.0280. The largest absolute Gasteiger partial charge is 0.471 e. The van der Waals surface area contributed by atoms with E-state index < -0.39 is 41.6 Å². The van der Waals surface area contributed by atoms with Crippen LogP contribution in [0.25, 0.3) is 10.9 Å². The molecule has 5 N–H and O–H groups in total. The van der Waals surface area contributed by atoms with Crippen LogP contribution in [0.4, 0.5) is 43.4 Å². The number of rotatable bonds is 20. The van der Waals surface area contributed by atoms with Crippen LogP contribution in [-0.2, 0) is 42.5 Å². The van der Waals surface area contributed by atoms with Crippen molar-refractivity contribution in [3.8, 4) is 11.5 Å². The van der Waals surface area contributed by atoms with E-state index in [2.05, 4.69) is 22.9 Å². The van der Waals surface area contributed by atoms with Gasteiger partial charge >= 0.3 is 30.1 Å². The van der Waals surface area contributed by atoms with E-state index in [0.717, 1.165) is 84.9 Å². The first-order valence-corrected chi connectivity index (χ1v) is 27.6. The van der Waals surface area contributed by atoms with E-state index in [9.17, 15) is 59.9 Å². The number of carbonyl (C=O) groups is 7. The van der Waals surface area contributed by atoms with Gasteiger partial charge in [-0.15, -0.1) is 0 Å². The van der Waals surface area contributed by atoms with Gasteiger partial charge in [-0.25, -0.2) is 4.79 Å². The van der Waals surface area contributed by atoms with Crippen molar-refractivity contribution < 1.29 is 69.4 Å². The maximum absolute atomic E-state index is 13.9. The summed E-state index contributed by atoms with van der Waals surface area (Å²) < 4.78 is 92.8. The Morgan fingerprint density at radius 1 is 0.651 bits per heavy atom. The molecule has 1 saturated carbocycles. The Morgan fingerprint density at radius 2 is 1.27 bits per heavy atom. The summed E-state index contributed by atoms with van der Waals surface area (Å²) in [4.78, 5) is 93.4. The topological polar surface area (TPSA) is 206 Å². The predicted molar refractivity (Wildman–Crippen MR) is 296 cm³/mol. The van der Waals surface area contributed by atoms with Gasteiger partial charge in [0.05, 0.1) is 5.56 Å². The maximum atomic E-state index is 13.9. The minimum atomic E-state index is -5.26. The summed E-state index contributed by atoms with van der Waals surface area (Å²) in [5.41, 5.74) is 0.743. The number of halogens is 6. The Morgan fingerprint density at radius 3 is 1.88 bits per heavy atom. The number of benzene rings is 5. The van der Waals surface area contributed by atoms with Gasteiger partial charge in [0.1, 0.15) is 23.7 Å². The summed E-state index contributed by atoms with van der Waals surface area (Å²) >= 11 is 0. The lowest BCUT2D eigenvalue weighted by Crippen LogP contribution is -2.42. The minimum absolute atomic E-state index is 0.00411. The normalized spacial score (nSPS) is 15.9. The molecule has 3 heterocycles. The van der Waals surface area contributed by atoms with Crippen LogP contribution in [-0.4, -0.2) is 84.0 Å². The number of amides is 6. The Hall–Kier alpha value is -8.69. The van der Waals surface area contributed by atoms with Crippen LogP contribution in [0.1, 0.15) is 132 Å². The maximum Gasteiger partial charge on any atom is 0.471 e. The molecular weight excluding hydrogens is 1090 g/mol. The number of unbranched alkanes of at least 4 members (excludes halogenated alkanes) is 5. The van der Waals surface area contributed by atoms with Crippen LogP contribution in [0.5, 0.6) is 11.5 Å². The van der Waals surface area contributed by atoms with Gasteiger partial charge in [0.25, 0.3) is 11.8 Å². The molecule has 1 aromatic heterocycles. The smallest absolute Gasteiger partial charge is 0.456 e. The zero-order valence-corrected chi connectivity index (χ0v) is 45.5. The zero-order valence-electron chi connectivity index (χ0n) is 45.5. The van der Waals surface area contributed by atoms with Crippen molar-refractivity contribution in [3.63, 3.8) is 0 Å². The van der Waals surface area contributed by atoms with Gasteiger partial charge in [0, 0.05) is 93.9 Å². The third kappa shape index (κ3) is 13.0. The number of carbonyl (C=O) groups excluding carboxylic acids is 7. The van der Waals surface area contributed by atoms with Crippen molar-refractivity contribution in [2.24, 2.45) is 5.92 Å². The number of likely N-dealkylation sites (N-methyl/N-ethyl adjacent to an activating group) is 1. The molecule has 436 valence electrons. The molecule has 9 rings (SSSR count). The van der Waals surface area contributed by atoms with Gasteiger partial charge in [0.2, 0.25) is 11.8 Å². The summed E-state index contributed by atoms with van der Waals surface area (Å²) in [6, 6.07) is 28.1. The van der Waals surface area contributed by atoms with E-state index in [4.69, 9.17) is 9.47 Å². The Bertz CT molecular complexity index is 3400. The highest BCUT2D eigenvalue weighted by Crippen LogP contribution is 2.57. The van der Waals surface area contributed by atoms with Crippen LogP contribution >= 0.6 is 0 Å². The highest BCUT2D eigenvalue weighted by Gasteiger charge is 2.54. The SMILES string of the molecule is CCc1cccc(N(CC)C(=O)Cn2c(C(=O)NC3CCC(C(=O)NCCCCCCCCNC(=O)c4ccc5c(c4)C4(OC5=O)c5ccc(NC(=O)C(F)(F)F)cc5Oc5cc(NC(=O)C(F)(F)F)ccc54)CC3)cc3ccccc32)c1. The van der Waals surface area contributed by atoms with Gasteiger partial charge in [-0.3, -0.25) is 28.8 Å². The van der Waals surface area contributed by atoms with Gasteiger partial charge in [0.15, 0.2) is 5.60 Å². The van der Waals surface area contributed by atoms with Crippen molar-refractivity contribution >= 4 is 69.4 Å². The average molecular weight is 1150 g/mol. The number of anilines is 3. The molecule has 83 heavy (non-hydrogen) atoms. The van der Waals surface area contributed by atoms with Crippen molar-refractivity contribution in [2.45, 2.75) is 115 Å². The Labute approximate surface area is 473 Å². The van der Waals surface area contributed by atoms with Crippen LogP contribution in [0.3, 0.4) is 0 Å². The lowest BCUT2D eigenvalue weighted by Gasteiger charge is -2.37. The number of aromatic nitrogens is 1. The number of fused-ring (bicyclic) bond motifs is 7. The standard InChI is InChI=1S/C61H61F6N7O9/c1-3-36-14-13-16-43(30-36)73(4-2)52(75)35-74-48-17-10-9-15-38(48)32-49(74)55(78)70-40-21-18-37(19-22-40)53(76)68-28-11-7-5-6-8-12-29-69-54(77)39-20-25-44-47(31-39)59(83-56(44)79)45-26-23-41(71-57(80)60(62,63)64)33-50(45)82-51-34-42(24-27-46(51)59)72-58(81)61(65,66)67/h9-10,13-17,20,23-27,30-34,37,40H,3-8,11-12,18-19,21-22,28-29,35H2,1-2H3,(H,68,76)(H,69,77)(H,70,78)(H,71,80)(H,72,81). The van der Waals surface area contributed by atoms with E-state index >= 15 is 0 Å². The number of para-hydroxylation sites is 1. The number of nitrogens with zero attached hydrogens (tertiary/aromatic N) is 2. The molecule has 0 unspecified atom stereocenters. The van der Waals surface area contributed by atoms with Gasteiger partial charge < -0.3 is 45.5 Å². The number of nitrogens with one attached hydrogen (secondary N) is 5. The predicted octanol–water partition coefficient (Wildman–Crippen LogP) is 11.0. The molecule has 6 amide bonds. The van der Waals surface area contributed by atoms with E-state index in [1.807, 2.05) is 61.5 Å². The molecule has 22 heteroatoms. The molecule has 5 aromatic carbocycles. The van der Waals surface area contributed by atoms with Gasteiger partial charge in [-0.05, 0) is 124 Å². The van der Waals surface area contributed by atoms with E-state index in [1.54, 1.807) is 20.1 Å². The summed E-state index contributed by atoms with van der Waals surface area (Å²) in [6.45, 7) is 5.29. The average Bonchev–Trinajstić information content (AvgIpc) is 4.21. The van der Waals surface area contributed by atoms with Gasteiger partial charge in [-0.1, -0.05) is 62.9 Å². The molecule has 1 fully saturated rings. The summed E-state index contributed by atoms with van der Waals surface area (Å²) in [5.74, 6) is -7.04. The van der Waals surface area contributed by atoms with Crippen LogP contribution < -0.4 is 36.2 Å². The number of hydrogen-bond acceptors (Lipinski definition) is 9. The zero-order chi connectivity index (χ0) is 59.2. The number of aryl methyl sites for hydroxylation is 1. The molecule has 1 aliphatic carbocycles. The highest BCUT2D eigenvalue weighted by atomic mass is 19.4. The monoisotopic (exact) mass is 1150 g/mol. The van der Waals surface area contributed by atoms with Crippen LogP contribution in [0.15, 0.2) is 109 Å². The molecule has 0 radical (unpaired) electrons. The number of hydrogen-bond donors (Lipinski definition) is 5. The molecule has 6 aromatic rings. The fraction of sp³-hybridized carbons (Fsp3) is 0.361. The number of alkyl halides is 6. The first-order valence-electron chi connectivity index (χ1n) is 27.6. The summed E-state index contributed by atoms with van der Waals surface area (Å²) in [6.07, 6.45) is -2.29. The second-order valence-electron chi connectivity index (χ2n) is 20.8. The number of ether oxygens (including phenoxy) is 2. The molecule has 0 saturated heterocycles. The Balaban J connectivity index is 0.722. The fourth-order valence-corrected chi connectivity index (χ4v) is 11.0. The van der Waals surface area contributed by atoms with Crippen LogP contribution in [0.2, 0.25) is 0 Å². The van der Waals surface area contributed by atoms with Gasteiger partial charge in [-0.2, -0.15) is 26.3 Å². The first kappa shape index (κ1) is 58.9. The third-order valence-corrected chi connectivity index (χ3v) is 15.3. The molecule has 0 atom stereocenters.